The molecule has 5 heteroatoms. The van der Waals surface area contributed by atoms with E-state index in [0.29, 0.717) is 26.4 Å². The second-order valence-electron chi connectivity index (χ2n) is 7.83. The molecule has 154 valence electrons. The van der Waals surface area contributed by atoms with Crippen LogP contribution in [0.2, 0.25) is 0 Å². The third kappa shape index (κ3) is 4.75. The largest absolute Gasteiger partial charge is 0.379 e. The molecule has 0 aliphatic carbocycles. The highest BCUT2D eigenvalue weighted by Crippen LogP contribution is 2.32. The van der Waals surface area contributed by atoms with Gasteiger partial charge >= 0.3 is 0 Å². The van der Waals surface area contributed by atoms with Gasteiger partial charge in [-0.05, 0) is 12.5 Å². The van der Waals surface area contributed by atoms with E-state index in [-0.39, 0.29) is 17.9 Å². The maximum Gasteiger partial charge on any atom is 0.181 e. The Balaban J connectivity index is 1.77. The second kappa shape index (κ2) is 9.63. The van der Waals surface area contributed by atoms with Crippen molar-refractivity contribution in [3.05, 3.63) is 71.3 Å². The third-order valence-electron chi connectivity index (χ3n) is 5.89. The van der Waals surface area contributed by atoms with Crippen LogP contribution < -0.4 is 0 Å². The molecule has 0 saturated carbocycles. The number of morpholine rings is 2. The van der Waals surface area contributed by atoms with Crippen molar-refractivity contribution < 1.29 is 14.3 Å². The van der Waals surface area contributed by atoms with Crippen LogP contribution in [0.4, 0.5) is 0 Å². The van der Waals surface area contributed by atoms with Crippen molar-refractivity contribution in [2.45, 2.75) is 19.0 Å². The number of ketones is 1. The van der Waals surface area contributed by atoms with Gasteiger partial charge in [0.05, 0.1) is 38.5 Å². The van der Waals surface area contributed by atoms with Gasteiger partial charge in [0, 0.05) is 31.7 Å². The van der Waals surface area contributed by atoms with E-state index in [4.69, 9.17) is 9.47 Å². The molecule has 2 aromatic carbocycles. The first kappa shape index (κ1) is 20.2. The molecular weight excluding hydrogens is 364 g/mol. The van der Waals surface area contributed by atoms with E-state index in [1.54, 1.807) is 0 Å². The minimum absolute atomic E-state index is 0.00962. The molecule has 2 atom stereocenters. The van der Waals surface area contributed by atoms with Crippen LogP contribution in [0.1, 0.15) is 27.5 Å². The van der Waals surface area contributed by atoms with Gasteiger partial charge in [-0.3, -0.25) is 14.6 Å². The van der Waals surface area contributed by atoms with E-state index in [1.165, 1.54) is 11.1 Å². The monoisotopic (exact) mass is 394 g/mol. The van der Waals surface area contributed by atoms with E-state index in [9.17, 15) is 4.79 Å². The van der Waals surface area contributed by atoms with Crippen molar-refractivity contribution in [2.24, 2.45) is 0 Å². The molecule has 2 aliphatic heterocycles. The van der Waals surface area contributed by atoms with Crippen LogP contribution in [0.3, 0.4) is 0 Å². The number of ether oxygens (including phenoxy) is 2. The lowest BCUT2D eigenvalue weighted by atomic mass is 9.89. The maximum atomic E-state index is 13.8. The molecule has 2 aliphatic rings. The Bertz CT molecular complexity index is 799. The van der Waals surface area contributed by atoms with Crippen molar-refractivity contribution in [3.63, 3.8) is 0 Å². The minimum Gasteiger partial charge on any atom is -0.379 e. The minimum atomic E-state index is -0.249. The molecule has 4 rings (SSSR count). The molecule has 0 amide bonds. The average Bonchev–Trinajstić information content (AvgIpc) is 2.79. The summed E-state index contributed by atoms with van der Waals surface area (Å²) in [5.74, 6) is 0.186. The number of carbonyl (C=O) groups excluding carboxylic acids is 1. The van der Waals surface area contributed by atoms with Gasteiger partial charge in [0.25, 0.3) is 0 Å². The summed E-state index contributed by atoms with van der Waals surface area (Å²) in [5.41, 5.74) is 3.19. The Morgan fingerprint density at radius 1 is 0.828 bits per heavy atom. The molecule has 0 bridgehead atoms. The summed E-state index contributed by atoms with van der Waals surface area (Å²) in [6.07, 6.45) is 0. The molecule has 0 aromatic heterocycles. The van der Waals surface area contributed by atoms with Gasteiger partial charge in [0.2, 0.25) is 0 Å². The van der Waals surface area contributed by atoms with E-state index in [2.05, 4.69) is 41.0 Å². The van der Waals surface area contributed by atoms with Gasteiger partial charge in [-0.1, -0.05) is 60.2 Å². The van der Waals surface area contributed by atoms with Gasteiger partial charge in [0.15, 0.2) is 5.78 Å². The van der Waals surface area contributed by atoms with Crippen LogP contribution >= 0.6 is 0 Å². The zero-order valence-electron chi connectivity index (χ0n) is 17.1. The summed E-state index contributed by atoms with van der Waals surface area (Å²) in [6, 6.07) is 18.1. The number of carbonyl (C=O) groups is 1. The standard InChI is InChI=1S/C24H30N2O3/c1-19-6-5-9-21(18-19)22(25-10-14-28-15-11-25)23(26-12-16-29-17-13-26)24(27)20-7-3-2-4-8-20/h2-9,18,22-23H,10-17H2,1H3/t22-,23-/m1/s1. The maximum absolute atomic E-state index is 13.8. The molecule has 2 heterocycles. The number of hydrogen-bond acceptors (Lipinski definition) is 5. The highest BCUT2D eigenvalue weighted by atomic mass is 16.5. The average molecular weight is 395 g/mol. The van der Waals surface area contributed by atoms with Gasteiger partial charge in [-0.2, -0.15) is 0 Å². The quantitative estimate of drug-likeness (QED) is 0.705. The van der Waals surface area contributed by atoms with Crippen LogP contribution in [0.25, 0.3) is 0 Å². The molecule has 0 radical (unpaired) electrons. The topological polar surface area (TPSA) is 42.0 Å². The summed E-state index contributed by atoms with van der Waals surface area (Å²) in [6.45, 7) is 8.08. The first-order chi connectivity index (χ1) is 14.2. The second-order valence-corrected chi connectivity index (χ2v) is 7.83. The van der Waals surface area contributed by atoms with Crippen molar-refractivity contribution in [1.82, 2.24) is 9.80 Å². The first-order valence-corrected chi connectivity index (χ1v) is 10.5. The summed E-state index contributed by atoms with van der Waals surface area (Å²) < 4.78 is 11.2. The summed E-state index contributed by atoms with van der Waals surface area (Å²) >= 11 is 0. The molecule has 0 N–H and O–H groups in total. The van der Waals surface area contributed by atoms with Crippen LogP contribution in [-0.4, -0.2) is 74.2 Å². The Morgan fingerprint density at radius 3 is 2.07 bits per heavy atom. The lowest BCUT2D eigenvalue weighted by Gasteiger charge is -2.44. The van der Waals surface area contributed by atoms with E-state index >= 15 is 0 Å². The van der Waals surface area contributed by atoms with Crippen molar-refractivity contribution in [3.8, 4) is 0 Å². The molecule has 0 unspecified atom stereocenters. The van der Waals surface area contributed by atoms with E-state index in [0.717, 1.165) is 31.7 Å². The van der Waals surface area contributed by atoms with Crippen molar-refractivity contribution in [1.29, 1.82) is 0 Å². The molecule has 2 saturated heterocycles. The Labute approximate surface area is 173 Å². The zero-order valence-corrected chi connectivity index (χ0v) is 17.1. The molecule has 2 aromatic rings. The number of hydrogen-bond donors (Lipinski definition) is 0. The highest BCUT2D eigenvalue weighted by Gasteiger charge is 2.39. The van der Waals surface area contributed by atoms with Crippen LogP contribution in [-0.2, 0) is 9.47 Å². The lowest BCUT2D eigenvalue weighted by molar-refractivity contribution is -0.0301. The van der Waals surface area contributed by atoms with E-state index in [1.807, 2.05) is 30.3 Å². The first-order valence-electron chi connectivity index (χ1n) is 10.5. The Hall–Kier alpha value is -2.05. The predicted octanol–water partition coefficient (Wildman–Crippen LogP) is 2.95. The fourth-order valence-corrected chi connectivity index (χ4v) is 4.44. The van der Waals surface area contributed by atoms with Gasteiger partial charge in [-0.15, -0.1) is 0 Å². The lowest BCUT2D eigenvalue weighted by Crippen LogP contribution is -2.55. The number of rotatable bonds is 6. The predicted molar refractivity (Wildman–Crippen MR) is 113 cm³/mol. The fraction of sp³-hybridized carbons (Fsp3) is 0.458. The SMILES string of the molecule is Cc1cccc([C@H]([C@H](C(=O)c2ccccc2)N2CCOCC2)N2CCOCC2)c1. The molecule has 0 spiro atoms. The molecular formula is C24H30N2O3. The fourth-order valence-electron chi connectivity index (χ4n) is 4.44. The summed E-state index contributed by atoms with van der Waals surface area (Å²) in [5, 5.41) is 0. The van der Waals surface area contributed by atoms with Crippen LogP contribution in [0, 0.1) is 6.92 Å². The molecule has 5 nitrogen and oxygen atoms in total. The van der Waals surface area contributed by atoms with Crippen LogP contribution in [0.5, 0.6) is 0 Å². The third-order valence-corrected chi connectivity index (χ3v) is 5.89. The van der Waals surface area contributed by atoms with Crippen molar-refractivity contribution in [2.75, 3.05) is 52.6 Å². The Morgan fingerprint density at radius 2 is 1.45 bits per heavy atom. The van der Waals surface area contributed by atoms with Gasteiger partial charge in [-0.25, -0.2) is 0 Å². The summed E-state index contributed by atoms with van der Waals surface area (Å²) in [4.78, 5) is 18.6. The number of nitrogens with zero attached hydrogens (tertiary/aromatic N) is 2. The smallest absolute Gasteiger partial charge is 0.181 e. The highest BCUT2D eigenvalue weighted by molar-refractivity contribution is 6.00. The van der Waals surface area contributed by atoms with Gasteiger partial charge in [0.1, 0.15) is 0 Å². The molecule has 2 fully saturated rings. The zero-order chi connectivity index (χ0) is 20.1. The number of aryl methyl sites for hydroxylation is 1. The Kier molecular flexibility index (Phi) is 6.72. The van der Waals surface area contributed by atoms with Crippen molar-refractivity contribution >= 4 is 5.78 Å². The van der Waals surface area contributed by atoms with E-state index < -0.39 is 0 Å². The number of Topliss-reactive ketones (excluding diaryl/α,β-unsaturated/α-hetero) is 1. The number of benzene rings is 2. The molecule has 29 heavy (non-hydrogen) atoms. The summed E-state index contributed by atoms with van der Waals surface area (Å²) in [7, 11) is 0. The normalized spacial score (nSPS) is 20.9. The van der Waals surface area contributed by atoms with Gasteiger partial charge < -0.3 is 9.47 Å². The van der Waals surface area contributed by atoms with Crippen LogP contribution in [0.15, 0.2) is 54.6 Å².